The zero-order valence-corrected chi connectivity index (χ0v) is 17.2. The molecule has 1 aromatic heterocycles. The zero-order chi connectivity index (χ0) is 20.5. The van der Waals surface area contributed by atoms with E-state index in [0.29, 0.717) is 5.69 Å². The molecule has 7 heteroatoms. The number of aryl methyl sites for hydroxylation is 1. The highest BCUT2D eigenvalue weighted by Crippen LogP contribution is 2.37. The van der Waals surface area contributed by atoms with Crippen LogP contribution in [0.2, 0.25) is 0 Å². The Labute approximate surface area is 166 Å². The monoisotopic (exact) mass is 402 g/mol. The fraction of sp³-hybridized carbons (Fsp3) is 0.429. The molecule has 2 heterocycles. The van der Waals surface area contributed by atoms with Crippen molar-refractivity contribution in [1.82, 2.24) is 9.29 Å². The van der Waals surface area contributed by atoms with Crippen molar-refractivity contribution in [1.29, 1.82) is 0 Å². The number of nitrogens with zero attached hydrogens (tertiary/aromatic N) is 2. The van der Waals surface area contributed by atoms with Gasteiger partial charge in [0.15, 0.2) is 5.78 Å². The predicted octanol–water partition coefficient (Wildman–Crippen LogP) is 2.67. The molecular weight excluding hydrogens is 376 g/mol. The Kier molecular flexibility index (Phi) is 5.70. The lowest BCUT2D eigenvalue weighted by molar-refractivity contribution is -0.0452. The Balaban J connectivity index is 1.86. The second kappa shape index (κ2) is 7.73. The smallest absolute Gasteiger partial charge is 0.243 e. The second-order valence-corrected chi connectivity index (χ2v) is 10.1. The first-order chi connectivity index (χ1) is 13.1. The van der Waals surface area contributed by atoms with E-state index in [1.807, 2.05) is 20.8 Å². The SMILES string of the molecule is Cc1ccc(S(=O)(=O)N2CC(CC(=O)c3ccccn3)C(O)C(C)(C)C2)cc1. The lowest BCUT2D eigenvalue weighted by Crippen LogP contribution is -2.55. The van der Waals surface area contributed by atoms with E-state index in [1.54, 1.807) is 48.7 Å². The molecule has 1 aliphatic heterocycles. The van der Waals surface area contributed by atoms with Crippen LogP contribution in [0.4, 0.5) is 0 Å². The van der Waals surface area contributed by atoms with Gasteiger partial charge >= 0.3 is 0 Å². The topological polar surface area (TPSA) is 87.6 Å². The average molecular weight is 403 g/mol. The van der Waals surface area contributed by atoms with E-state index in [1.165, 1.54) is 4.31 Å². The quantitative estimate of drug-likeness (QED) is 0.777. The molecular formula is C21H26N2O4S. The molecule has 2 unspecified atom stereocenters. The van der Waals surface area contributed by atoms with Crippen LogP contribution in [0.5, 0.6) is 0 Å². The van der Waals surface area contributed by atoms with Crippen LogP contribution in [0, 0.1) is 18.3 Å². The number of hydrogen-bond acceptors (Lipinski definition) is 5. The van der Waals surface area contributed by atoms with Gasteiger partial charge in [0.05, 0.1) is 11.0 Å². The Morgan fingerprint density at radius 2 is 1.89 bits per heavy atom. The number of hydrogen-bond donors (Lipinski definition) is 1. The van der Waals surface area contributed by atoms with Crippen LogP contribution in [0.15, 0.2) is 53.6 Å². The van der Waals surface area contributed by atoms with Crippen LogP contribution in [-0.4, -0.2) is 47.8 Å². The number of aromatic nitrogens is 1. The summed E-state index contributed by atoms with van der Waals surface area (Å²) in [6.07, 6.45) is 0.800. The second-order valence-electron chi connectivity index (χ2n) is 8.15. The number of aliphatic hydroxyl groups is 1. The van der Waals surface area contributed by atoms with Gasteiger partial charge in [0.25, 0.3) is 0 Å². The lowest BCUT2D eigenvalue weighted by Gasteiger charge is -2.45. The number of rotatable bonds is 5. The van der Waals surface area contributed by atoms with Crippen molar-refractivity contribution in [3.05, 3.63) is 59.9 Å². The van der Waals surface area contributed by atoms with E-state index in [-0.39, 0.29) is 30.2 Å². The number of aliphatic hydroxyl groups excluding tert-OH is 1. The number of carbonyl (C=O) groups excluding carboxylic acids is 1. The maximum atomic E-state index is 13.1. The summed E-state index contributed by atoms with van der Waals surface area (Å²) in [5.41, 5.74) is 0.628. The van der Waals surface area contributed by atoms with E-state index in [4.69, 9.17) is 0 Å². The Morgan fingerprint density at radius 3 is 2.50 bits per heavy atom. The van der Waals surface area contributed by atoms with Gasteiger partial charge in [-0.3, -0.25) is 9.78 Å². The molecule has 6 nitrogen and oxygen atoms in total. The summed E-state index contributed by atoms with van der Waals surface area (Å²) < 4.78 is 27.7. The molecule has 0 spiro atoms. The average Bonchev–Trinajstić information content (AvgIpc) is 2.66. The highest BCUT2D eigenvalue weighted by atomic mass is 32.2. The maximum absolute atomic E-state index is 13.1. The van der Waals surface area contributed by atoms with E-state index in [2.05, 4.69) is 4.98 Å². The number of carbonyl (C=O) groups is 1. The maximum Gasteiger partial charge on any atom is 0.243 e. The van der Waals surface area contributed by atoms with E-state index in [0.717, 1.165) is 5.56 Å². The number of piperidine rings is 1. The molecule has 1 aromatic carbocycles. The van der Waals surface area contributed by atoms with Crippen molar-refractivity contribution in [2.45, 2.75) is 38.2 Å². The molecule has 1 saturated heterocycles. The van der Waals surface area contributed by atoms with Gasteiger partial charge in [0, 0.05) is 37.0 Å². The molecule has 150 valence electrons. The normalized spacial score (nSPS) is 22.7. The van der Waals surface area contributed by atoms with Crippen molar-refractivity contribution >= 4 is 15.8 Å². The van der Waals surface area contributed by atoms with Gasteiger partial charge in [0.2, 0.25) is 10.0 Å². The van der Waals surface area contributed by atoms with Crippen molar-refractivity contribution < 1.29 is 18.3 Å². The molecule has 0 amide bonds. The minimum Gasteiger partial charge on any atom is -0.392 e. The van der Waals surface area contributed by atoms with E-state index in [9.17, 15) is 18.3 Å². The Hall–Kier alpha value is -2.09. The van der Waals surface area contributed by atoms with E-state index < -0.39 is 27.5 Å². The molecule has 1 N–H and O–H groups in total. The first-order valence-corrected chi connectivity index (χ1v) is 10.7. The molecule has 28 heavy (non-hydrogen) atoms. The fourth-order valence-electron chi connectivity index (χ4n) is 3.70. The summed E-state index contributed by atoms with van der Waals surface area (Å²) in [7, 11) is -3.71. The molecule has 1 fully saturated rings. The van der Waals surface area contributed by atoms with Crippen molar-refractivity contribution in [3.63, 3.8) is 0 Å². The van der Waals surface area contributed by atoms with Gasteiger partial charge in [-0.05, 0) is 31.2 Å². The Bertz CT molecular complexity index is 940. The van der Waals surface area contributed by atoms with Gasteiger partial charge in [0.1, 0.15) is 5.69 Å². The third-order valence-electron chi connectivity index (χ3n) is 5.33. The number of Topliss-reactive ketones (excluding diaryl/α,β-unsaturated/α-hetero) is 1. The van der Waals surface area contributed by atoms with Crippen LogP contribution in [-0.2, 0) is 10.0 Å². The van der Waals surface area contributed by atoms with Crippen LogP contribution in [0.3, 0.4) is 0 Å². The molecule has 0 radical (unpaired) electrons. The predicted molar refractivity (Wildman–Crippen MR) is 106 cm³/mol. The molecule has 0 bridgehead atoms. The summed E-state index contributed by atoms with van der Waals surface area (Å²) in [4.78, 5) is 16.9. The Morgan fingerprint density at radius 1 is 1.21 bits per heavy atom. The first-order valence-electron chi connectivity index (χ1n) is 9.30. The summed E-state index contributed by atoms with van der Waals surface area (Å²) in [5, 5.41) is 10.8. The van der Waals surface area contributed by atoms with Crippen LogP contribution in [0.1, 0.15) is 36.3 Å². The third kappa shape index (κ3) is 4.16. The van der Waals surface area contributed by atoms with Crippen LogP contribution < -0.4 is 0 Å². The highest BCUT2D eigenvalue weighted by Gasteiger charge is 2.45. The van der Waals surface area contributed by atoms with Crippen LogP contribution >= 0.6 is 0 Å². The van der Waals surface area contributed by atoms with Crippen molar-refractivity contribution in [2.75, 3.05) is 13.1 Å². The van der Waals surface area contributed by atoms with Gasteiger partial charge in [-0.25, -0.2) is 8.42 Å². The van der Waals surface area contributed by atoms with Crippen LogP contribution in [0.25, 0.3) is 0 Å². The minimum absolute atomic E-state index is 0.0432. The zero-order valence-electron chi connectivity index (χ0n) is 16.4. The summed E-state index contributed by atoms with van der Waals surface area (Å²) in [6, 6.07) is 11.8. The molecule has 2 aromatic rings. The number of pyridine rings is 1. The van der Waals surface area contributed by atoms with Gasteiger partial charge in [-0.15, -0.1) is 0 Å². The molecule has 2 atom stereocenters. The third-order valence-corrected chi connectivity index (χ3v) is 7.15. The lowest BCUT2D eigenvalue weighted by atomic mass is 9.74. The summed E-state index contributed by atoms with van der Waals surface area (Å²) in [5.74, 6) is -0.700. The molecule has 0 aliphatic carbocycles. The largest absolute Gasteiger partial charge is 0.392 e. The first kappa shape index (κ1) is 20.6. The number of benzene rings is 1. The minimum atomic E-state index is -3.71. The molecule has 3 rings (SSSR count). The molecule has 1 aliphatic rings. The van der Waals surface area contributed by atoms with Crippen molar-refractivity contribution in [2.24, 2.45) is 11.3 Å². The summed E-state index contributed by atoms with van der Waals surface area (Å²) >= 11 is 0. The molecule has 0 saturated carbocycles. The standard InChI is InChI=1S/C21H26N2O4S/c1-15-7-9-17(10-8-15)28(26,27)23-13-16(20(25)21(2,3)14-23)12-19(24)18-6-4-5-11-22-18/h4-11,16,20,25H,12-14H2,1-3H3. The highest BCUT2D eigenvalue weighted by molar-refractivity contribution is 7.89. The number of sulfonamides is 1. The number of ketones is 1. The van der Waals surface area contributed by atoms with Gasteiger partial charge in [-0.1, -0.05) is 37.6 Å². The van der Waals surface area contributed by atoms with Crippen molar-refractivity contribution in [3.8, 4) is 0 Å². The van der Waals surface area contributed by atoms with Gasteiger partial charge in [-0.2, -0.15) is 4.31 Å². The fourth-order valence-corrected chi connectivity index (χ4v) is 5.37. The van der Waals surface area contributed by atoms with E-state index >= 15 is 0 Å². The summed E-state index contributed by atoms with van der Waals surface area (Å²) in [6.45, 7) is 5.84. The van der Waals surface area contributed by atoms with Gasteiger partial charge < -0.3 is 5.11 Å².